The minimum absolute atomic E-state index is 0.000323. The first-order valence-corrected chi connectivity index (χ1v) is 14.0. The monoisotopic (exact) mass is 508 g/mol. The van der Waals surface area contributed by atoms with Crippen LogP contribution in [-0.4, -0.2) is 61.1 Å². The molecule has 1 unspecified atom stereocenters. The number of hydrogen-bond acceptors (Lipinski definition) is 4. The molecule has 36 heavy (non-hydrogen) atoms. The number of sulfonamides is 1. The molecular weight excluding hydrogens is 475 g/mol. The molecule has 2 aliphatic heterocycles. The van der Waals surface area contributed by atoms with E-state index in [-0.39, 0.29) is 30.4 Å². The molecule has 0 aromatic heterocycles. The van der Waals surface area contributed by atoms with Crippen molar-refractivity contribution in [2.75, 3.05) is 26.2 Å². The Morgan fingerprint density at radius 3 is 2.36 bits per heavy atom. The van der Waals surface area contributed by atoms with Gasteiger partial charge in [-0.25, -0.2) is 12.8 Å². The molecule has 0 saturated carbocycles. The van der Waals surface area contributed by atoms with Crippen LogP contribution >= 0.6 is 0 Å². The van der Waals surface area contributed by atoms with Gasteiger partial charge in [0.05, 0.1) is 11.5 Å². The smallest absolute Gasteiger partial charge is 0.243 e. The second-order valence-corrected chi connectivity index (χ2v) is 11.9. The van der Waals surface area contributed by atoms with Crippen LogP contribution in [0, 0.1) is 19.7 Å². The molecule has 7 heteroatoms. The standard InChI is InChI=1S/C29H33FN2O3S/c1-20-7-3-4-8-28(20)36(34,35)31-15-5-6-16-32-26(18-31)29(27(32)19-33)23-11-9-22(10-12-23)25-14-13-24(30)17-21(25)2/h3-4,7-14,17,26-27,29,33H,5-6,15-16,18-19H2,1-2H3/t26?,27-,29+/m1/s1. The highest BCUT2D eigenvalue weighted by Crippen LogP contribution is 2.43. The van der Waals surface area contributed by atoms with Crippen molar-refractivity contribution in [3.8, 4) is 11.1 Å². The molecule has 0 aliphatic carbocycles. The SMILES string of the molecule is Cc1cc(F)ccc1-c1ccc([C@H]2C3CN(S(=O)(=O)c4ccccc4C)CCCCN3[C@@H]2CO)cc1. The van der Waals surface area contributed by atoms with Crippen LogP contribution in [0.3, 0.4) is 0 Å². The summed E-state index contributed by atoms with van der Waals surface area (Å²) >= 11 is 0. The van der Waals surface area contributed by atoms with Crippen molar-refractivity contribution in [3.05, 3.63) is 89.2 Å². The van der Waals surface area contributed by atoms with Gasteiger partial charge in [0.15, 0.2) is 0 Å². The van der Waals surface area contributed by atoms with Gasteiger partial charge < -0.3 is 5.11 Å². The van der Waals surface area contributed by atoms with Crippen LogP contribution in [0.25, 0.3) is 11.1 Å². The lowest BCUT2D eigenvalue weighted by Crippen LogP contribution is -2.67. The molecular formula is C29H33FN2O3S. The lowest BCUT2D eigenvalue weighted by atomic mass is 9.74. The zero-order chi connectivity index (χ0) is 25.4. The van der Waals surface area contributed by atoms with Crippen LogP contribution in [0.1, 0.15) is 35.4 Å². The first-order chi connectivity index (χ1) is 17.3. The van der Waals surface area contributed by atoms with Gasteiger partial charge >= 0.3 is 0 Å². The third-order valence-corrected chi connectivity index (χ3v) is 9.86. The van der Waals surface area contributed by atoms with Gasteiger partial charge in [-0.15, -0.1) is 0 Å². The summed E-state index contributed by atoms with van der Waals surface area (Å²) < 4.78 is 42.5. The van der Waals surface area contributed by atoms with E-state index in [0.29, 0.717) is 18.0 Å². The Balaban J connectivity index is 1.44. The van der Waals surface area contributed by atoms with Gasteiger partial charge in [0, 0.05) is 31.1 Å². The predicted octanol–water partition coefficient (Wildman–Crippen LogP) is 4.72. The van der Waals surface area contributed by atoms with Crippen molar-refractivity contribution < 1.29 is 17.9 Å². The molecule has 2 saturated heterocycles. The zero-order valence-corrected chi connectivity index (χ0v) is 21.6. The second-order valence-electron chi connectivity index (χ2n) is 10.00. The van der Waals surface area contributed by atoms with Gasteiger partial charge in [0.25, 0.3) is 0 Å². The maximum atomic E-state index is 13.6. The van der Waals surface area contributed by atoms with Crippen molar-refractivity contribution in [2.24, 2.45) is 0 Å². The molecule has 3 aromatic carbocycles. The number of fused-ring (bicyclic) bond motifs is 1. The lowest BCUT2D eigenvalue weighted by Gasteiger charge is -2.57. The highest BCUT2D eigenvalue weighted by Gasteiger charge is 2.50. The minimum Gasteiger partial charge on any atom is -0.395 e. The van der Waals surface area contributed by atoms with E-state index in [9.17, 15) is 17.9 Å². The summed E-state index contributed by atoms with van der Waals surface area (Å²) in [7, 11) is -3.62. The number of nitrogens with zero attached hydrogens (tertiary/aromatic N) is 2. The van der Waals surface area contributed by atoms with Gasteiger partial charge in [-0.3, -0.25) is 4.90 Å². The number of rotatable bonds is 5. The number of aliphatic hydroxyl groups is 1. The van der Waals surface area contributed by atoms with Crippen LogP contribution in [0.4, 0.5) is 4.39 Å². The van der Waals surface area contributed by atoms with Gasteiger partial charge in [0.1, 0.15) is 5.82 Å². The van der Waals surface area contributed by atoms with Gasteiger partial charge in [-0.05, 0) is 79.3 Å². The molecule has 0 radical (unpaired) electrons. The first kappa shape index (κ1) is 25.1. The summed E-state index contributed by atoms with van der Waals surface area (Å²) in [6, 6.07) is 20.1. The van der Waals surface area contributed by atoms with Crippen molar-refractivity contribution in [2.45, 2.75) is 49.6 Å². The number of aliphatic hydroxyl groups excluding tert-OH is 1. The van der Waals surface area contributed by atoms with Crippen molar-refractivity contribution in [1.82, 2.24) is 9.21 Å². The van der Waals surface area contributed by atoms with E-state index in [1.807, 2.05) is 38.1 Å². The molecule has 0 bridgehead atoms. The van der Waals surface area contributed by atoms with Crippen LogP contribution in [0.15, 0.2) is 71.6 Å². The Morgan fingerprint density at radius 1 is 0.944 bits per heavy atom. The maximum absolute atomic E-state index is 13.6. The molecule has 5 rings (SSSR count). The second kappa shape index (κ2) is 10.1. The van der Waals surface area contributed by atoms with Crippen LogP contribution in [0.5, 0.6) is 0 Å². The zero-order valence-electron chi connectivity index (χ0n) is 20.8. The van der Waals surface area contributed by atoms with E-state index in [2.05, 4.69) is 17.0 Å². The molecule has 2 heterocycles. The third kappa shape index (κ3) is 4.50. The Kier molecular flexibility index (Phi) is 7.01. The predicted molar refractivity (Wildman–Crippen MR) is 140 cm³/mol. The largest absolute Gasteiger partial charge is 0.395 e. The Labute approximate surface area is 213 Å². The topological polar surface area (TPSA) is 60.9 Å². The van der Waals surface area contributed by atoms with Crippen molar-refractivity contribution >= 4 is 10.0 Å². The molecule has 190 valence electrons. The molecule has 0 spiro atoms. The van der Waals surface area contributed by atoms with E-state index in [1.54, 1.807) is 22.5 Å². The summed E-state index contributed by atoms with van der Waals surface area (Å²) in [5, 5.41) is 10.2. The van der Waals surface area contributed by atoms with E-state index in [4.69, 9.17) is 0 Å². The fourth-order valence-corrected chi connectivity index (χ4v) is 7.67. The van der Waals surface area contributed by atoms with E-state index in [0.717, 1.165) is 47.2 Å². The number of hydrogen-bond donors (Lipinski definition) is 1. The average Bonchev–Trinajstić information content (AvgIpc) is 2.83. The average molecular weight is 509 g/mol. The minimum atomic E-state index is -3.62. The highest BCUT2D eigenvalue weighted by atomic mass is 32.2. The van der Waals surface area contributed by atoms with E-state index >= 15 is 0 Å². The summed E-state index contributed by atoms with van der Waals surface area (Å²) in [4.78, 5) is 2.65. The summed E-state index contributed by atoms with van der Waals surface area (Å²) in [6.45, 7) is 5.52. The summed E-state index contributed by atoms with van der Waals surface area (Å²) in [6.07, 6.45) is 1.69. The normalized spacial score (nSPS) is 23.4. The van der Waals surface area contributed by atoms with Crippen LogP contribution < -0.4 is 0 Å². The summed E-state index contributed by atoms with van der Waals surface area (Å²) in [5.41, 5.74) is 4.71. The molecule has 2 fully saturated rings. The number of halogens is 1. The molecule has 3 aromatic rings. The Morgan fingerprint density at radius 2 is 1.67 bits per heavy atom. The fraction of sp³-hybridized carbons (Fsp3) is 0.379. The number of benzene rings is 3. The van der Waals surface area contributed by atoms with Gasteiger partial charge in [0.2, 0.25) is 10.0 Å². The van der Waals surface area contributed by atoms with Gasteiger partial charge in [-0.1, -0.05) is 48.5 Å². The first-order valence-electron chi connectivity index (χ1n) is 12.6. The molecule has 1 N–H and O–H groups in total. The van der Waals surface area contributed by atoms with Crippen molar-refractivity contribution in [1.29, 1.82) is 0 Å². The molecule has 0 amide bonds. The molecule has 3 atom stereocenters. The van der Waals surface area contributed by atoms with Crippen LogP contribution in [-0.2, 0) is 10.0 Å². The fourth-order valence-electron chi connectivity index (χ4n) is 5.95. The van der Waals surface area contributed by atoms with E-state index < -0.39 is 10.0 Å². The molecule has 2 aliphatic rings. The Bertz CT molecular complexity index is 1340. The number of aryl methyl sites for hydroxylation is 2. The van der Waals surface area contributed by atoms with Crippen molar-refractivity contribution in [3.63, 3.8) is 0 Å². The summed E-state index contributed by atoms with van der Waals surface area (Å²) in [5.74, 6) is -0.214. The van der Waals surface area contributed by atoms with Gasteiger partial charge in [-0.2, -0.15) is 4.31 Å². The molecule has 5 nitrogen and oxygen atoms in total. The van der Waals surface area contributed by atoms with E-state index in [1.165, 1.54) is 12.1 Å². The van der Waals surface area contributed by atoms with Crippen LogP contribution in [0.2, 0.25) is 0 Å². The third-order valence-electron chi connectivity index (χ3n) is 7.84. The lowest BCUT2D eigenvalue weighted by molar-refractivity contribution is -0.0553. The Hall–Kier alpha value is -2.58. The maximum Gasteiger partial charge on any atom is 0.243 e. The highest BCUT2D eigenvalue weighted by molar-refractivity contribution is 7.89. The quantitative estimate of drug-likeness (QED) is 0.542.